The van der Waals surface area contributed by atoms with Gasteiger partial charge in [-0.3, -0.25) is 0 Å². The lowest BCUT2D eigenvalue weighted by Crippen LogP contribution is -2.09. The highest BCUT2D eigenvalue weighted by Gasteiger charge is 2.21. The zero-order valence-corrected chi connectivity index (χ0v) is 8.28. The molecule has 0 amide bonds. The van der Waals surface area contributed by atoms with E-state index >= 15 is 0 Å². The van der Waals surface area contributed by atoms with Gasteiger partial charge in [0.15, 0.2) is 5.82 Å². The summed E-state index contributed by atoms with van der Waals surface area (Å²) >= 11 is 0. The Morgan fingerprint density at radius 1 is 1.43 bits per heavy atom. The molecule has 2 heterocycles. The Labute approximate surface area is 87.1 Å². The Kier molecular flexibility index (Phi) is 3.77. The van der Waals surface area contributed by atoms with Gasteiger partial charge in [0.1, 0.15) is 0 Å². The van der Waals surface area contributed by atoms with E-state index in [1.807, 2.05) is 0 Å². The van der Waals surface area contributed by atoms with Crippen LogP contribution in [0.15, 0.2) is 12.3 Å². The number of pyridine rings is 1. The molecule has 1 aromatic rings. The Morgan fingerprint density at radius 2 is 2.21 bits per heavy atom. The maximum atomic E-state index is 13.2. The molecular weight excluding hydrogens is 210 g/mol. The SMILES string of the molecule is Cl.Fc1nccc(C2CCNC2)c1F. The number of nitrogens with zero attached hydrogens (tertiary/aromatic N) is 1. The topological polar surface area (TPSA) is 24.9 Å². The van der Waals surface area contributed by atoms with Crippen molar-refractivity contribution in [2.24, 2.45) is 0 Å². The first kappa shape index (κ1) is 11.3. The lowest BCUT2D eigenvalue weighted by Gasteiger charge is -2.08. The minimum absolute atomic E-state index is 0. The fourth-order valence-corrected chi connectivity index (χ4v) is 1.67. The second-order valence-electron chi connectivity index (χ2n) is 3.19. The van der Waals surface area contributed by atoms with Crippen LogP contribution in [0.4, 0.5) is 8.78 Å². The minimum atomic E-state index is -0.996. The molecule has 14 heavy (non-hydrogen) atoms. The lowest BCUT2D eigenvalue weighted by molar-refractivity contribution is 0.464. The van der Waals surface area contributed by atoms with Crippen LogP contribution >= 0.6 is 12.4 Å². The highest BCUT2D eigenvalue weighted by Crippen LogP contribution is 2.24. The summed E-state index contributed by atoms with van der Waals surface area (Å²) in [6.45, 7) is 1.59. The standard InChI is InChI=1S/C9H10F2N2.ClH/c10-8-7(2-4-13-9(8)11)6-1-3-12-5-6;/h2,4,6,12H,1,3,5H2;1H. The van der Waals surface area contributed by atoms with Crippen molar-refractivity contribution in [1.82, 2.24) is 10.3 Å². The summed E-state index contributed by atoms with van der Waals surface area (Å²) in [6.07, 6.45) is 2.17. The molecule has 5 heteroatoms. The normalized spacial score (nSPS) is 20.6. The van der Waals surface area contributed by atoms with Gasteiger partial charge in [-0.15, -0.1) is 12.4 Å². The van der Waals surface area contributed by atoms with Crippen molar-refractivity contribution in [1.29, 1.82) is 0 Å². The van der Waals surface area contributed by atoms with Gasteiger partial charge in [0.05, 0.1) is 0 Å². The molecular formula is C9H11ClF2N2. The molecule has 0 radical (unpaired) electrons. The second-order valence-corrected chi connectivity index (χ2v) is 3.19. The fraction of sp³-hybridized carbons (Fsp3) is 0.444. The Bertz CT molecular complexity index is 314. The predicted molar refractivity (Wildman–Crippen MR) is 51.6 cm³/mol. The number of aromatic nitrogens is 1. The van der Waals surface area contributed by atoms with E-state index in [2.05, 4.69) is 10.3 Å². The lowest BCUT2D eigenvalue weighted by atomic mass is 9.99. The van der Waals surface area contributed by atoms with Crippen LogP contribution in [-0.2, 0) is 0 Å². The molecule has 0 aliphatic carbocycles. The Hall–Kier alpha value is -0.740. The molecule has 0 spiro atoms. The molecule has 1 N–H and O–H groups in total. The van der Waals surface area contributed by atoms with E-state index in [0.717, 1.165) is 19.5 Å². The predicted octanol–water partition coefficient (Wildman–Crippen LogP) is 1.86. The highest BCUT2D eigenvalue weighted by atomic mass is 35.5. The Morgan fingerprint density at radius 3 is 2.86 bits per heavy atom. The molecule has 0 aromatic carbocycles. The summed E-state index contributed by atoms with van der Waals surface area (Å²) in [5, 5.41) is 3.11. The van der Waals surface area contributed by atoms with Crippen molar-refractivity contribution in [2.45, 2.75) is 12.3 Å². The van der Waals surface area contributed by atoms with E-state index in [1.165, 1.54) is 6.20 Å². The van der Waals surface area contributed by atoms with Crippen molar-refractivity contribution in [3.8, 4) is 0 Å². The van der Waals surface area contributed by atoms with Gasteiger partial charge in [-0.2, -0.15) is 4.39 Å². The van der Waals surface area contributed by atoms with Crippen molar-refractivity contribution in [3.63, 3.8) is 0 Å². The average molecular weight is 221 g/mol. The van der Waals surface area contributed by atoms with Crippen LogP contribution in [0.2, 0.25) is 0 Å². The van der Waals surface area contributed by atoms with E-state index in [-0.39, 0.29) is 18.3 Å². The number of hydrogen-bond donors (Lipinski definition) is 1. The van der Waals surface area contributed by atoms with Crippen LogP contribution in [0, 0.1) is 11.8 Å². The first-order chi connectivity index (χ1) is 6.29. The van der Waals surface area contributed by atoms with E-state index in [1.54, 1.807) is 6.07 Å². The van der Waals surface area contributed by atoms with Crippen molar-refractivity contribution in [2.75, 3.05) is 13.1 Å². The quantitative estimate of drug-likeness (QED) is 0.731. The van der Waals surface area contributed by atoms with E-state index in [4.69, 9.17) is 0 Å². The smallest absolute Gasteiger partial charge is 0.249 e. The maximum Gasteiger partial charge on any atom is 0.249 e. The first-order valence-corrected chi connectivity index (χ1v) is 4.29. The third kappa shape index (κ3) is 2.01. The van der Waals surface area contributed by atoms with E-state index in [0.29, 0.717) is 5.56 Å². The molecule has 1 unspecified atom stereocenters. The van der Waals surface area contributed by atoms with Gasteiger partial charge in [0, 0.05) is 18.7 Å². The molecule has 1 aromatic heterocycles. The molecule has 2 rings (SSSR count). The summed E-state index contributed by atoms with van der Waals surface area (Å²) in [5.41, 5.74) is 0.442. The van der Waals surface area contributed by atoms with Crippen LogP contribution in [0.25, 0.3) is 0 Å². The third-order valence-corrected chi connectivity index (χ3v) is 2.38. The first-order valence-electron chi connectivity index (χ1n) is 4.29. The molecule has 78 valence electrons. The summed E-state index contributed by atoms with van der Waals surface area (Å²) in [5.74, 6) is -1.70. The van der Waals surface area contributed by atoms with Crippen LogP contribution in [-0.4, -0.2) is 18.1 Å². The average Bonchev–Trinajstić information content (AvgIpc) is 2.62. The molecule has 0 bridgehead atoms. The van der Waals surface area contributed by atoms with E-state index < -0.39 is 11.8 Å². The van der Waals surface area contributed by atoms with Gasteiger partial charge in [0.2, 0.25) is 5.95 Å². The van der Waals surface area contributed by atoms with Gasteiger partial charge in [-0.1, -0.05) is 0 Å². The summed E-state index contributed by atoms with van der Waals surface area (Å²) < 4.78 is 25.9. The fourth-order valence-electron chi connectivity index (χ4n) is 1.67. The largest absolute Gasteiger partial charge is 0.316 e. The molecule has 1 saturated heterocycles. The van der Waals surface area contributed by atoms with Crippen LogP contribution < -0.4 is 5.32 Å². The molecule has 0 saturated carbocycles. The van der Waals surface area contributed by atoms with Crippen molar-refractivity contribution < 1.29 is 8.78 Å². The van der Waals surface area contributed by atoms with E-state index in [9.17, 15) is 8.78 Å². The number of nitrogens with one attached hydrogen (secondary N) is 1. The van der Waals surface area contributed by atoms with Gasteiger partial charge in [-0.05, 0) is 24.6 Å². The van der Waals surface area contributed by atoms with Gasteiger partial charge in [0.25, 0.3) is 0 Å². The number of hydrogen-bond acceptors (Lipinski definition) is 2. The Balaban J connectivity index is 0.000000980. The summed E-state index contributed by atoms with van der Waals surface area (Å²) in [7, 11) is 0. The zero-order valence-electron chi connectivity index (χ0n) is 7.46. The third-order valence-electron chi connectivity index (χ3n) is 2.38. The molecule has 2 nitrogen and oxygen atoms in total. The molecule has 1 atom stereocenters. The molecule has 1 aliphatic heterocycles. The maximum absolute atomic E-state index is 13.2. The van der Waals surface area contributed by atoms with Gasteiger partial charge in [-0.25, -0.2) is 9.37 Å². The number of rotatable bonds is 1. The van der Waals surface area contributed by atoms with Gasteiger partial charge >= 0.3 is 0 Å². The van der Waals surface area contributed by atoms with Crippen molar-refractivity contribution in [3.05, 3.63) is 29.6 Å². The van der Waals surface area contributed by atoms with Crippen molar-refractivity contribution >= 4 is 12.4 Å². The van der Waals surface area contributed by atoms with Crippen LogP contribution in [0.1, 0.15) is 17.9 Å². The second kappa shape index (κ2) is 4.66. The summed E-state index contributed by atoms with van der Waals surface area (Å²) in [6, 6.07) is 1.55. The highest BCUT2D eigenvalue weighted by molar-refractivity contribution is 5.85. The molecule has 1 fully saturated rings. The monoisotopic (exact) mass is 220 g/mol. The van der Waals surface area contributed by atoms with Crippen LogP contribution in [0.3, 0.4) is 0 Å². The molecule has 1 aliphatic rings. The van der Waals surface area contributed by atoms with Crippen LogP contribution in [0.5, 0.6) is 0 Å². The van der Waals surface area contributed by atoms with Gasteiger partial charge < -0.3 is 5.32 Å². The zero-order chi connectivity index (χ0) is 9.26. The minimum Gasteiger partial charge on any atom is -0.316 e. The summed E-state index contributed by atoms with van der Waals surface area (Å²) in [4.78, 5) is 3.25. The number of halogens is 3.